The third-order valence-corrected chi connectivity index (χ3v) is 4.71. The van der Waals surface area contributed by atoms with Crippen molar-refractivity contribution < 1.29 is 9.59 Å². The molecule has 1 aliphatic rings. The van der Waals surface area contributed by atoms with E-state index in [0.29, 0.717) is 5.69 Å². The highest BCUT2D eigenvalue weighted by Gasteiger charge is 2.40. The lowest BCUT2D eigenvalue weighted by atomic mass is 10.1. The van der Waals surface area contributed by atoms with Crippen LogP contribution in [-0.4, -0.2) is 22.8 Å². The Morgan fingerprint density at radius 3 is 2.60 bits per heavy atom. The number of fused-ring (bicyclic) bond motifs is 1. The Hall–Kier alpha value is -3.08. The topological polar surface area (TPSA) is 65.2 Å². The van der Waals surface area contributed by atoms with Gasteiger partial charge in [-0.3, -0.25) is 9.59 Å². The molecule has 2 amide bonds. The van der Waals surface area contributed by atoms with Gasteiger partial charge in [0, 0.05) is 17.4 Å². The van der Waals surface area contributed by atoms with Crippen molar-refractivity contribution in [3.63, 3.8) is 0 Å². The zero-order valence-corrected chi connectivity index (χ0v) is 14.2. The van der Waals surface area contributed by atoms with Crippen molar-refractivity contribution in [2.24, 2.45) is 0 Å². The van der Waals surface area contributed by atoms with Crippen molar-refractivity contribution in [2.45, 2.75) is 26.3 Å². The number of benzene rings is 2. The van der Waals surface area contributed by atoms with E-state index in [9.17, 15) is 9.59 Å². The van der Waals surface area contributed by atoms with Crippen LogP contribution in [0, 0.1) is 13.8 Å². The Morgan fingerprint density at radius 1 is 1.08 bits per heavy atom. The second-order valence-electron chi connectivity index (χ2n) is 6.49. The number of carbonyl (C=O) groups is 2. The van der Waals surface area contributed by atoms with Crippen molar-refractivity contribution in [1.29, 1.82) is 0 Å². The Kier molecular flexibility index (Phi) is 3.57. The molecule has 0 unspecified atom stereocenters. The number of H-pyrrole nitrogens is 1. The van der Waals surface area contributed by atoms with Gasteiger partial charge in [0.2, 0.25) is 5.91 Å². The van der Waals surface area contributed by atoms with Gasteiger partial charge < -0.3 is 10.3 Å². The lowest BCUT2D eigenvalue weighted by Gasteiger charge is -2.20. The second-order valence-corrected chi connectivity index (χ2v) is 6.49. The van der Waals surface area contributed by atoms with E-state index < -0.39 is 6.04 Å². The van der Waals surface area contributed by atoms with Gasteiger partial charge >= 0.3 is 0 Å². The van der Waals surface area contributed by atoms with Gasteiger partial charge in [0.15, 0.2) is 0 Å². The maximum Gasteiger partial charge on any atom is 0.256 e. The molecule has 1 atom stereocenters. The molecule has 3 aromatic rings. The van der Waals surface area contributed by atoms with Crippen molar-refractivity contribution in [3.8, 4) is 0 Å². The van der Waals surface area contributed by atoms with Crippen LogP contribution in [0.4, 0.5) is 11.4 Å². The first kappa shape index (κ1) is 15.4. The summed E-state index contributed by atoms with van der Waals surface area (Å²) in [6.07, 6.45) is 2.04. The molecule has 25 heavy (non-hydrogen) atoms. The molecule has 4 rings (SSSR count). The van der Waals surface area contributed by atoms with Gasteiger partial charge in [-0.1, -0.05) is 24.3 Å². The predicted molar refractivity (Wildman–Crippen MR) is 98.7 cm³/mol. The summed E-state index contributed by atoms with van der Waals surface area (Å²) in [4.78, 5) is 29.9. The molecule has 2 heterocycles. The zero-order chi connectivity index (χ0) is 17.6. The van der Waals surface area contributed by atoms with Crippen LogP contribution in [0.25, 0.3) is 10.9 Å². The van der Waals surface area contributed by atoms with Crippen molar-refractivity contribution in [2.75, 3.05) is 10.2 Å². The van der Waals surface area contributed by atoms with Gasteiger partial charge in [-0.15, -0.1) is 0 Å². The van der Waals surface area contributed by atoms with Crippen LogP contribution >= 0.6 is 0 Å². The van der Waals surface area contributed by atoms with Gasteiger partial charge in [0.05, 0.1) is 12.1 Å². The number of carbonyl (C=O) groups excluding carboxylic acids is 2. The lowest BCUT2D eigenvalue weighted by Crippen LogP contribution is -2.35. The van der Waals surface area contributed by atoms with E-state index in [2.05, 4.69) is 10.3 Å². The minimum atomic E-state index is -0.543. The van der Waals surface area contributed by atoms with Gasteiger partial charge in [0.1, 0.15) is 6.04 Å². The summed E-state index contributed by atoms with van der Waals surface area (Å²) in [5.74, 6) is -0.366. The normalized spacial score (nSPS) is 17.5. The second kappa shape index (κ2) is 5.77. The number of anilines is 2. The smallest absolute Gasteiger partial charge is 0.256 e. The summed E-state index contributed by atoms with van der Waals surface area (Å²) in [6, 6.07) is 13.1. The summed E-state index contributed by atoms with van der Waals surface area (Å²) < 4.78 is 0. The van der Waals surface area contributed by atoms with E-state index in [1.165, 1.54) is 4.90 Å². The Balaban J connectivity index is 1.62. The average Bonchev–Trinajstić information content (AvgIpc) is 3.14. The number of hydrogen-bond acceptors (Lipinski definition) is 3. The molecule has 2 aromatic carbocycles. The number of nitrogens with one attached hydrogen (secondary N) is 2. The van der Waals surface area contributed by atoms with E-state index in [1.807, 2.05) is 62.5 Å². The number of aryl methyl sites for hydroxylation is 2. The number of hydrogen-bond donors (Lipinski definition) is 2. The number of para-hydroxylation sites is 1. The minimum absolute atomic E-state index is 0.162. The fourth-order valence-corrected chi connectivity index (χ4v) is 3.48. The fourth-order valence-electron chi connectivity index (χ4n) is 3.48. The van der Waals surface area contributed by atoms with E-state index in [4.69, 9.17) is 0 Å². The third kappa shape index (κ3) is 2.58. The van der Waals surface area contributed by atoms with Crippen LogP contribution in [0.5, 0.6) is 0 Å². The third-order valence-electron chi connectivity index (χ3n) is 4.71. The van der Waals surface area contributed by atoms with E-state index in [0.717, 1.165) is 27.7 Å². The zero-order valence-electron chi connectivity index (χ0n) is 14.2. The molecule has 0 radical (unpaired) electrons. The molecule has 2 N–H and O–H groups in total. The Bertz CT molecular complexity index is 969. The number of aromatic nitrogens is 1. The van der Waals surface area contributed by atoms with E-state index in [-0.39, 0.29) is 18.2 Å². The molecule has 126 valence electrons. The molecule has 1 aliphatic heterocycles. The van der Waals surface area contributed by atoms with Crippen LogP contribution in [-0.2, 0) is 9.59 Å². The molecule has 5 nitrogen and oxygen atoms in total. The molecular weight excluding hydrogens is 314 g/mol. The molecule has 0 bridgehead atoms. The van der Waals surface area contributed by atoms with Crippen LogP contribution < -0.4 is 10.2 Å². The first-order chi connectivity index (χ1) is 12.0. The highest BCUT2D eigenvalue weighted by atomic mass is 16.2. The van der Waals surface area contributed by atoms with Crippen LogP contribution in [0.1, 0.15) is 17.5 Å². The summed E-state index contributed by atoms with van der Waals surface area (Å²) >= 11 is 0. The summed E-state index contributed by atoms with van der Waals surface area (Å²) in [6.45, 7) is 3.84. The molecular formula is C20H19N3O2. The standard InChI is InChI=1S/C20H19N3O2/c1-12-4-3-5-13(2)19(12)23-18(24)11-17(20(23)25)22-15-7-6-14-8-9-21-16(14)10-15/h3-10,17,21-22H,11H2,1-2H3/t17-/m1/s1. The molecule has 0 saturated carbocycles. The first-order valence-electron chi connectivity index (χ1n) is 8.31. The van der Waals surface area contributed by atoms with Crippen LogP contribution in [0.15, 0.2) is 48.7 Å². The molecule has 1 fully saturated rings. The number of imide groups is 1. The maximum absolute atomic E-state index is 12.9. The average molecular weight is 333 g/mol. The summed E-state index contributed by atoms with van der Waals surface area (Å²) in [7, 11) is 0. The number of rotatable bonds is 3. The number of nitrogens with zero attached hydrogens (tertiary/aromatic N) is 1. The van der Waals surface area contributed by atoms with Crippen LogP contribution in [0.2, 0.25) is 0 Å². The minimum Gasteiger partial charge on any atom is -0.373 e. The molecule has 1 aromatic heterocycles. The lowest BCUT2D eigenvalue weighted by molar-refractivity contribution is -0.121. The molecule has 1 saturated heterocycles. The number of aromatic amines is 1. The Morgan fingerprint density at radius 2 is 1.84 bits per heavy atom. The first-order valence-corrected chi connectivity index (χ1v) is 8.31. The van der Waals surface area contributed by atoms with Crippen molar-refractivity contribution in [3.05, 3.63) is 59.8 Å². The van der Waals surface area contributed by atoms with E-state index >= 15 is 0 Å². The van der Waals surface area contributed by atoms with Crippen LogP contribution in [0.3, 0.4) is 0 Å². The molecule has 0 aliphatic carbocycles. The van der Waals surface area contributed by atoms with Gasteiger partial charge in [-0.25, -0.2) is 4.90 Å². The predicted octanol–water partition coefficient (Wildman–Crippen LogP) is 3.53. The summed E-state index contributed by atoms with van der Waals surface area (Å²) in [5.41, 5.74) is 4.38. The van der Waals surface area contributed by atoms with Gasteiger partial charge in [0.25, 0.3) is 5.91 Å². The SMILES string of the molecule is Cc1cccc(C)c1N1C(=O)C[C@@H](Nc2ccc3cc[nH]c3c2)C1=O. The Labute approximate surface area is 145 Å². The van der Waals surface area contributed by atoms with Gasteiger partial charge in [-0.2, -0.15) is 0 Å². The van der Waals surface area contributed by atoms with Gasteiger partial charge in [-0.05, 0) is 48.6 Å². The number of amides is 2. The summed E-state index contributed by atoms with van der Waals surface area (Å²) in [5, 5.41) is 4.32. The fraction of sp³-hybridized carbons (Fsp3) is 0.200. The van der Waals surface area contributed by atoms with Crippen molar-refractivity contribution >= 4 is 34.1 Å². The quantitative estimate of drug-likeness (QED) is 0.721. The van der Waals surface area contributed by atoms with E-state index in [1.54, 1.807) is 0 Å². The maximum atomic E-state index is 12.9. The molecule has 5 heteroatoms. The monoisotopic (exact) mass is 333 g/mol. The highest BCUT2D eigenvalue weighted by molar-refractivity contribution is 6.23. The highest BCUT2D eigenvalue weighted by Crippen LogP contribution is 2.31. The van der Waals surface area contributed by atoms with Crippen molar-refractivity contribution in [1.82, 2.24) is 4.98 Å². The largest absolute Gasteiger partial charge is 0.373 e. The molecule has 0 spiro atoms.